The predicted molar refractivity (Wildman–Crippen MR) is 87.1 cm³/mol. The van der Waals surface area contributed by atoms with E-state index in [0.717, 1.165) is 11.9 Å². The molecule has 1 N–H and O–H groups in total. The van der Waals surface area contributed by atoms with Crippen LogP contribution in [0.5, 0.6) is 0 Å². The number of fused-ring (bicyclic) bond motifs is 1. The van der Waals surface area contributed by atoms with E-state index in [-0.39, 0.29) is 5.69 Å². The van der Waals surface area contributed by atoms with Crippen LogP contribution in [-0.4, -0.2) is 23.0 Å². The molecule has 23 heavy (non-hydrogen) atoms. The molecule has 2 aromatic carbocycles. The van der Waals surface area contributed by atoms with E-state index in [0.29, 0.717) is 13.1 Å². The zero-order valence-electron chi connectivity index (χ0n) is 12.3. The fraction of sp³-hybridized carbons (Fsp3) is 0.118. The number of carbonyl (C=O) groups excluding carboxylic acids is 1. The number of nitro groups is 1. The summed E-state index contributed by atoms with van der Waals surface area (Å²) in [5.74, 6) is 0. The highest BCUT2D eigenvalue weighted by Crippen LogP contribution is 2.17. The lowest BCUT2D eigenvalue weighted by Crippen LogP contribution is -1.95. The molecular formula is C17H16N2O4. The minimum absolute atomic E-state index is 0.137. The largest absolute Gasteiger partial charge is 0.468 e. The number of nitrogens with zero attached hydrogens (tertiary/aromatic N) is 1. The van der Waals surface area contributed by atoms with Crippen molar-refractivity contribution >= 4 is 23.1 Å². The number of rotatable bonds is 5. The number of ether oxygens (including phenoxy) is 1. The van der Waals surface area contributed by atoms with Gasteiger partial charge in [0, 0.05) is 35.7 Å². The molecule has 0 amide bonds. The van der Waals surface area contributed by atoms with Gasteiger partial charge in [0.15, 0.2) is 0 Å². The van der Waals surface area contributed by atoms with Gasteiger partial charge in [-0.25, -0.2) is 0 Å². The highest BCUT2D eigenvalue weighted by Gasteiger charge is 2.01. The van der Waals surface area contributed by atoms with Crippen molar-refractivity contribution in [2.24, 2.45) is 0 Å². The molecule has 6 nitrogen and oxygen atoms in total. The molecule has 1 aromatic heterocycles. The second-order valence-corrected chi connectivity index (χ2v) is 4.67. The Kier molecular flexibility index (Phi) is 5.88. The van der Waals surface area contributed by atoms with Gasteiger partial charge in [-0.1, -0.05) is 36.4 Å². The van der Waals surface area contributed by atoms with E-state index in [1.165, 1.54) is 23.1 Å². The van der Waals surface area contributed by atoms with E-state index in [1.54, 1.807) is 18.2 Å². The quantitative estimate of drug-likeness (QED) is 0.338. The van der Waals surface area contributed by atoms with Crippen molar-refractivity contribution in [1.82, 2.24) is 4.98 Å². The lowest BCUT2D eigenvalue weighted by Gasteiger charge is -1.97. The van der Waals surface area contributed by atoms with Crippen LogP contribution in [0.25, 0.3) is 10.9 Å². The number of hydrogen-bond donors (Lipinski definition) is 1. The Bertz CT molecular complexity index is 768. The van der Waals surface area contributed by atoms with Crippen molar-refractivity contribution in [2.75, 3.05) is 6.61 Å². The summed E-state index contributed by atoms with van der Waals surface area (Å²) >= 11 is 0. The van der Waals surface area contributed by atoms with Crippen molar-refractivity contribution in [3.05, 3.63) is 76.5 Å². The first-order chi connectivity index (χ1) is 11.2. The molecule has 1 heterocycles. The Labute approximate surface area is 132 Å². The molecule has 118 valence electrons. The number of nitro benzene ring substituents is 1. The summed E-state index contributed by atoms with van der Waals surface area (Å²) in [6.45, 7) is 0.917. The van der Waals surface area contributed by atoms with E-state index in [1.807, 2.05) is 24.4 Å². The van der Waals surface area contributed by atoms with Crippen LogP contribution >= 0.6 is 0 Å². The van der Waals surface area contributed by atoms with Crippen LogP contribution < -0.4 is 0 Å². The van der Waals surface area contributed by atoms with E-state index < -0.39 is 4.92 Å². The van der Waals surface area contributed by atoms with Crippen LogP contribution in [0.3, 0.4) is 0 Å². The summed E-state index contributed by atoms with van der Waals surface area (Å²) in [6, 6.07) is 16.0. The molecular weight excluding hydrogens is 296 g/mol. The van der Waals surface area contributed by atoms with E-state index in [2.05, 4.69) is 15.8 Å². The summed E-state index contributed by atoms with van der Waals surface area (Å²) in [7, 11) is 0. The van der Waals surface area contributed by atoms with Gasteiger partial charge in [-0.15, -0.1) is 0 Å². The number of carbonyl (C=O) groups is 1. The Morgan fingerprint density at radius 3 is 2.43 bits per heavy atom. The normalized spacial score (nSPS) is 9.74. The topological polar surface area (TPSA) is 85.2 Å². The van der Waals surface area contributed by atoms with Crippen molar-refractivity contribution in [3.8, 4) is 0 Å². The number of hydrogen-bond acceptors (Lipinski definition) is 4. The first-order valence-corrected chi connectivity index (χ1v) is 7.02. The molecule has 0 saturated carbocycles. The minimum atomic E-state index is -0.417. The molecule has 3 rings (SSSR count). The second-order valence-electron chi connectivity index (χ2n) is 4.67. The Hall–Kier alpha value is -3.15. The SMILES string of the molecule is O=COCCc1c[nH]c2ccccc12.O=[N+]([O-])c1ccccc1. The lowest BCUT2D eigenvalue weighted by molar-refractivity contribution is -0.384. The number of non-ortho nitro benzene ring substituents is 1. The van der Waals surface area contributed by atoms with Gasteiger partial charge in [-0.2, -0.15) is 0 Å². The molecule has 0 fully saturated rings. The summed E-state index contributed by atoms with van der Waals surface area (Å²) < 4.78 is 4.66. The van der Waals surface area contributed by atoms with Gasteiger partial charge < -0.3 is 9.72 Å². The summed E-state index contributed by atoms with van der Waals surface area (Å²) in [6.07, 6.45) is 2.71. The Morgan fingerprint density at radius 2 is 1.78 bits per heavy atom. The van der Waals surface area contributed by atoms with E-state index >= 15 is 0 Å². The molecule has 6 heteroatoms. The molecule has 3 aromatic rings. The first-order valence-electron chi connectivity index (χ1n) is 7.02. The van der Waals surface area contributed by atoms with Crippen molar-refractivity contribution < 1.29 is 14.5 Å². The van der Waals surface area contributed by atoms with Crippen LogP contribution in [0.2, 0.25) is 0 Å². The third-order valence-corrected chi connectivity index (χ3v) is 3.20. The predicted octanol–water partition coefficient (Wildman–Crippen LogP) is 3.48. The van der Waals surface area contributed by atoms with E-state index in [4.69, 9.17) is 0 Å². The molecule has 0 aliphatic heterocycles. The van der Waals surface area contributed by atoms with Crippen LogP contribution in [0.15, 0.2) is 60.8 Å². The maximum Gasteiger partial charge on any atom is 0.293 e. The fourth-order valence-electron chi connectivity index (χ4n) is 2.11. The molecule has 0 aliphatic carbocycles. The first kappa shape index (κ1) is 16.2. The molecule has 0 saturated heterocycles. The van der Waals surface area contributed by atoms with Crippen LogP contribution in [-0.2, 0) is 16.0 Å². The van der Waals surface area contributed by atoms with Crippen LogP contribution in [0, 0.1) is 10.1 Å². The fourth-order valence-corrected chi connectivity index (χ4v) is 2.11. The van der Waals surface area contributed by atoms with E-state index in [9.17, 15) is 14.9 Å². The monoisotopic (exact) mass is 312 g/mol. The zero-order valence-corrected chi connectivity index (χ0v) is 12.3. The van der Waals surface area contributed by atoms with Gasteiger partial charge in [0.05, 0.1) is 11.5 Å². The average molecular weight is 312 g/mol. The molecule has 0 spiro atoms. The number of nitrogens with one attached hydrogen (secondary N) is 1. The molecule has 0 atom stereocenters. The summed E-state index contributed by atoms with van der Waals surface area (Å²) in [5, 5.41) is 11.2. The molecule has 0 bridgehead atoms. The second kappa shape index (κ2) is 8.33. The molecule has 0 aliphatic rings. The van der Waals surface area contributed by atoms with Gasteiger partial charge >= 0.3 is 0 Å². The van der Waals surface area contributed by atoms with Gasteiger partial charge in [0.1, 0.15) is 0 Å². The third-order valence-electron chi connectivity index (χ3n) is 3.20. The number of para-hydroxylation sites is 2. The van der Waals surface area contributed by atoms with Gasteiger partial charge in [0.25, 0.3) is 12.2 Å². The highest BCUT2D eigenvalue weighted by atomic mass is 16.6. The lowest BCUT2D eigenvalue weighted by atomic mass is 10.1. The van der Waals surface area contributed by atoms with Gasteiger partial charge in [-0.3, -0.25) is 14.9 Å². The van der Waals surface area contributed by atoms with Crippen LogP contribution in [0.4, 0.5) is 5.69 Å². The van der Waals surface area contributed by atoms with Gasteiger partial charge in [-0.05, 0) is 11.6 Å². The summed E-state index contributed by atoms with van der Waals surface area (Å²) in [5.41, 5.74) is 2.44. The molecule has 0 unspecified atom stereocenters. The Morgan fingerprint density at radius 1 is 1.09 bits per heavy atom. The standard InChI is InChI=1S/C11H11NO2.C6H5NO2/c13-8-14-6-5-9-7-12-11-4-2-1-3-10(9)11;8-7(9)6-4-2-1-3-5-6/h1-4,7-8,12H,5-6H2;1-5H. The number of benzene rings is 2. The third kappa shape index (κ3) is 4.67. The smallest absolute Gasteiger partial charge is 0.293 e. The van der Waals surface area contributed by atoms with Crippen molar-refractivity contribution in [1.29, 1.82) is 0 Å². The van der Waals surface area contributed by atoms with Crippen molar-refractivity contribution in [2.45, 2.75) is 6.42 Å². The van der Waals surface area contributed by atoms with Crippen LogP contribution in [0.1, 0.15) is 5.56 Å². The highest BCUT2D eigenvalue weighted by molar-refractivity contribution is 5.83. The maximum atomic E-state index is 10.0. The zero-order chi connectivity index (χ0) is 16.5. The van der Waals surface area contributed by atoms with Crippen molar-refractivity contribution in [3.63, 3.8) is 0 Å². The Balaban J connectivity index is 0.000000185. The number of H-pyrrole nitrogens is 1. The van der Waals surface area contributed by atoms with Gasteiger partial charge in [0.2, 0.25) is 0 Å². The minimum Gasteiger partial charge on any atom is -0.468 e. The summed E-state index contributed by atoms with van der Waals surface area (Å²) in [4.78, 5) is 22.7. The number of aromatic nitrogens is 1. The number of aromatic amines is 1. The molecule has 0 radical (unpaired) electrons. The maximum absolute atomic E-state index is 10.0. The average Bonchev–Trinajstić information content (AvgIpc) is 3.00.